The van der Waals surface area contributed by atoms with Crippen molar-refractivity contribution in [1.82, 2.24) is 23.6 Å². The molecule has 1 spiro atoms. The Bertz CT molecular complexity index is 1140. The van der Waals surface area contributed by atoms with E-state index in [1.165, 1.54) is 17.7 Å². The molecule has 10 nitrogen and oxygen atoms in total. The van der Waals surface area contributed by atoms with Crippen LogP contribution in [0.25, 0.3) is 11.0 Å². The lowest BCUT2D eigenvalue weighted by molar-refractivity contribution is -0.126. The van der Waals surface area contributed by atoms with Gasteiger partial charge in [0.15, 0.2) is 0 Å². The van der Waals surface area contributed by atoms with Crippen molar-refractivity contribution < 1.29 is 13.2 Å². The van der Waals surface area contributed by atoms with Crippen LogP contribution in [0.2, 0.25) is 0 Å². The minimum absolute atomic E-state index is 0.216. The van der Waals surface area contributed by atoms with Crippen LogP contribution < -0.4 is 4.90 Å². The quantitative estimate of drug-likeness (QED) is 0.526. The average Bonchev–Trinajstić information content (AvgIpc) is 3.38. The van der Waals surface area contributed by atoms with Crippen LogP contribution in [0.5, 0.6) is 0 Å². The van der Waals surface area contributed by atoms with Gasteiger partial charge in [0, 0.05) is 45.7 Å². The molecular weight excluding hydrogens is 442 g/mol. The van der Waals surface area contributed by atoms with Crippen LogP contribution in [-0.4, -0.2) is 70.1 Å². The number of carbonyl (C=O) groups is 1. The van der Waals surface area contributed by atoms with Crippen LogP contribution in [-0.2, 0) is 15.0 Å². The van der Waals surface area contributed by atoms with E-state index in [2.05, 4.69) is 25.9 Å². The topological polar surface area (TPSA) is 126 Å². The third-order valence-corrected chi connectivity index (χ3v) is 8.72. The molecule has 0 radical (unpaired) electrons. The highest BCUT2D eigenvalue weighted by Gasteiger charge is 2.57. The lowest BCUT2D eigenvalue weighted by Crippen LogP contribution is -2.60. The van der Waals surface area contributed by atoms with Crippen LogP contribution in [0, 0.1) is 11.3 Å². The third-order valence-electron chi connectivity index (χ3n) is 6.70. The summed E-state index contributed by atoms with van der Waals surface area (Å²) in [5.74, 6) is 0.443. The minimum atomic E-state index is -3.88. The second-order valence-corrected chi connectivity index (χ2v) is 10.8. The van der Waals surface area contributed by atoms with Crippen molar-refractivity contribution in [3.63, 3.8) is 0 Å². The Morgan fingerprint density at radius 1 is 1.21 bits per heavy atom. The Hall–Kier alpha value is -2.71. The summed E-state index contributed by atoms with van der Waals surface area (Å²) >= 11 is 0. The number of piperazine rings is 1. The number of nitrogens with zero attached hydrogens (tertiary/aromatic N) is 6. The molecule has 178 valence electrons. The number of unbranched alkanes of at least 4 members (excludes halogenated alkanes) is 5. The molecule has 0 bridgehead atoms. The summed E-state index contributed by atoms with van der Waals surface area (Å²) in [7, 11) is -2.51. The molecule has 0 unspecified atom stereocenters. The van der Waals surface area contributed by atoms with Gasteiger partial charge in [-0.25, -0.2) is 14.3 Å². The number of hydrogen-bond acceptors (Lipinski definition) is 7. The molecule has 4 rings (SSSR count). The maximum absolute atomic E-state index is 13.4. The van der Waals surface area contributed by atoms with Crippen LogP contribution in [0.1, 0.15) is 57.8 Å². The first-order valence-corrected chi connectivity index (χ1v) is 13.0. The number of aromatic amines is 1. The Kier molecular flexibility index (Phi) is 6.86. The van der Waals surface area contributed by atoms with E-state index in [9.17, 15) is 13.2 Å². The minimum Gasteiger partial charge on any atom is -0.353 e. The van der Waals surface area contributed by atoms with Gasteiger partial charge >= 0.3 is 10.2 Å². The van der Waals surface area contributed by atoms with E-state index in [-0.39, 0.29) is 12.3 Å². The predicted octanol–water partition coefficient (Wildman–Crippen LogP) is 2.57. The number of rotatable bonds is 10. The summed E-state index contributed by atoms with van der Waals surface area (Å²) in [6.07, 6.45) is 9.97. The molecule has 1 aliphatic carbocycles. The Balaban J connectivity index is 1.36. The molecule has 0 atom stereocenters. The first kappa shape index (κ1) is 23.4. The van der Waals surface area contributed by atoms with Crippen molar-refractivity contribution in [1.29, 1.82) is 5.26 Å². The highest BCUT2D eigenvalue weighted by atomic mass is 32.2. The summed E-state index contributed by atoms with van der Waals surface area (Å²) in [5, 5.41) is 9.48. The van der Waals surface area contributed by atoms with Gasteiger partial charge in [0.05, 0.1) is 17.0 Å². The van der Waals surface area contributed by atoms with Gasteiger partial charge in [-0.1, -0.05) is 19.3 Å². The molecular formula is C22H31N7O3S. The fraction of sp³-hybridized carbons (Fsp3) is 0.636. The van der Waals surface area contributed by atoms with Gasteiger partial charge in [0.25, 0.3) is 0 Å². The number of fused-ring (bicyclic) bond motifs is 1. The fourth-order valence-electron chi connectivity index (χ4n) is 4.61. The number of aromatic nitrogens is 3. The largest absolute Gasteiger partial charge is 0.353 e. The van der Waals surface area contributed by atoms with Gasteiger partial charge in [0.2, 0.25) is 5.91 Å². The van der Waals surface area contributed by atoms with Crippen molar-refractivity contribution in [3.8, 4) is 6.07 Å². The zero-order valence-corrected chi connectivity index (χ0v) is 19.9. The van der Waals surface area contributed by atoms with Gasteiger partial charge < -0.3 is 9.88 Å². The monoisotopic (exact) mass is 473 g/mol. The summed E-state index contributed by atoms with van der Waals surface area (Å²) in [6.45, 7) is 1.37. The van der Waals surface area contributed by atoms with E-state index in [0.717, 1.165) is 59.7 Å². The molecule has 11 heteroatoms. The molecule has 1 saturated carbocycles. The second-order valence-electron chi connectivity index (χ2n) is 8.95. The molecule has 2 fully saturated rings. The molecule has 2 aromatic heterocycles. The lowest BCUT2D eigenvalue weighted by atomic mass is 10.1. The SMILES string of the molecule is CN(C(=O)CCCCCCCC#N)S(=O)(=O)N1CCN(c2ncnc3[nH]ccc23)CC12CC2. The number of nitriles is 1. The number of hydrogen-bond donors (Lipinski definition) is 1. The Labute approximate surface area is 194 Å². The predicted molar refractivity (Wildman–Crippen MR) is 124 cm³/mol. The Morgan fingerprint density at radius 2 is 1.97 bits per heavy atom. The zero-order valence-electron chi connectivity index (χ0n) is 19.0. The maximum Gasteiger partial charge on any atom is 0.306 e. The Morgan fingerprint density at radius 3 is 2.73 bits per heavy atom. The van der Waals surface area contributed by atoms with E-state index in [1.54, 1.807) is 0 Å². The van der Waals surface area contributed by atoms with E-state index in [0.29, 0.717) is 32.5 Å². The molecule has 33 heavy (non-hydrogen) atoms. The van der Waals surface area contributed by atoms with Crippen molar-refractivity contribution in [2.45, 2.75) is 63.3 Å². The van der Waals surface area contributed by atoms with Crippen LogP contribution in [0.15, 0.2) is 18.6 Å². The molecule has 2 aromatic rings. The maximum atomic E-state index is 13.4. The standard InChI is InChI=1S/C22H31N7O3S/c1-27(19(30)8-6-4-2-3-5-7-12-23)33(31,32)29-15-14-28(16-22(29)10-11-22)21-18-9-13-24-20(18)25-17-26-21/h9,13,17H,2-8,10-11,14-16H2,1H3,(H,24,25,26). The van der Waals surface area contributed by atoms with E-state index < -0.39 is 15.7 Å². The first-order chi connectivity index (χ1) is 15.9. The van der Waals surface area contributed by atoms with Crippen LogP contribution >= 0.6 is 0 Å². The van der Waals surface area contributed by atoms with E-state index in [4.69, 9.17) is 5.26 Å². The van der Waals surface area contributed by atoms with Gasteiger partial charge in [0.1, 0.15) is 17.8 Å². The molecule has 1 saturated heterocycles. The average molecular weight is 474 g/mol. The van der Waals surface area contributed by atoms with Crippen LogP contribution in [0.3, 0.4) is 0 Å². The van der Waals surface area contributed by atoms with Crippen molar-refractivity contribution >= 4 is 33.0 Å². The smallest absolute Gasteiger partial charge is 0.306 e. The van der Waals surface area contributed by atoms with Crippen molar-refractivity contribution in [2.75, 3.05) is 31.6 Å². The van der Waals surface area contributed by atoms with E-state index in [1.807, 2.05) is 12.3 Å². The van der Waals surface area contributed by atoms with Crippen molar-refractivity contribution in [2.24, 2.45) is 0 Å². The third kappa shape index (κ3) is 4.82. The normalized spacial score (nSPS) is 17.9. The van der Waals surface area contributed by atoms with E-state index >= 15 is 0 Å². The number of anilines is 1. The summed E-state index contributed by atoms with van der Waals surface area (Å²) in [5.41, 5.74) is 0.273. The summed E-state index contributed by atoms with van der Waals surface area (Å²) in [6, 6.07) is 4.06. The second kappa shape index (κ2) is 9.65. The fourth-order valence-corrected chi connectivity index (χ4v) is 6.30. The summed E-state index contributed by atoms with van der Waals surface area (Å²) < 4.78 is 29.2. The molecule has 1 aliphatic heterocycles. The number of amides is 1. The van der Waals surface area contributed by atoms with Gasteiger partial charge in [-0.2, -0.15) is 18.0 Å². The van der Waals surface area contributed by atoms with Gasteiger partial charge in [-0.3, -0.25) is 4.79 Å². The van der Waals surface area contributed by atoms with Gasteiger partial charge in [-0.05, 0) is 31.7 Å². The highest BCUT2D eigenvalue weighted by Crippen LogP contribution is 2.47. The molecule has 3 heterocycles. The molecule has 1 amide bonds. The van der Waals surface area contributed by atoms with Crippen molar-refractivity contribution in [3.05, 3.63) is 18.6 Å². The highest BCUT2D eigenvalue weighted by molar-refractivity contribution is 7.87. The number of nitrogens with one attached hydrogen (secondary N) is 1. The molecule has 2 aliphatic rings. The molecule has 0 aromatic carbocycles. The lowest BCUT2D eigenvalue weighted by Gasteiger charge is -2.42. The molecule has 1 N–H and O–H groups in total. The van der Waals surface area contributed by atoms with Gasteiger partial charge in [-0.15, -0.1) is 0 Å². The number of carbonyl (C=O) groups excluding carboxylic acids is 1. The zero-order chi connectivity index (χ0) is 23.5. The number of H-pyrrole nitrogens is 1. The summed E-state index contributed by atoms with van der Waals surface area (Å²) in [4.78, 5) is 26.6. The van der Waals surface area contributed by atoms with Crippen LogP contribution in [0.4, 0.5) is 5.82 Å². The first-order valence-electron chi connectivity index (χ1n) is 11.6.